The fourth-order valence-electron chi connectivity index (χ4n) is 4.12. The molecule has 0 radical (unpaired) electrons. The topological polar surface area (TPSA) is 60.3 Å². The van der Waals surface area contributed by atoms with Crippen LogP contribution in [0.25, 0.3) is 0 Å². The first-order valence-corrected chi connectivity index (χ1v) is 8.88. The summed E-state index contributed by atoms with van der Waals surface area (Å²) in [5.41, 5.74) is 3.73. The Labute approximate surface area is 146 Å². The van der Waals surface area contributed by atoms with Crippen LogP contribution in [0.4, 0.5) is 0 Å². The summed E-state index contributed by atoms with van der Waals surface area (Å²) in [6.07, 6.45) is 4.67. The third-order valence-corrected chi connectivity index (χ3v) is 5.30. The van der Waals surface area contributed by atoms with Gasteiger partial charge in [-0.2, -0.15) is 0 Å². The molecule has 2 aliphatic rings. The highest BCUT2D eigenvalue weighted by molar-refractivity contribution is 5.98. The number of aromatic nitrogens is 1. The van der Waals surface area contributed by atoms with Crippen LogP contribution in [0.3, 0.4) is 0 Å². The summed E-state index contributed by atoms with van der Waals surface area (Å²) in [5.74, 6) is 0.226. The highest BCUT2D eigenvalue weighted by Crippen LogP contribution is 2.31. The average Bonchev–Trinajstić information content (AvgIpc) is 3.12. The van der Waals surface area contributed by atoms with Gasteiger partial charge in [0.1, 0.15) is 11.3 Å². The third kappa shape index (κ3) is 2.73. The highest BCUT2D eigenvalue weighted by atomic mass is 16.5. The Balaban J connectivity index is 1.69. The van der Waals surface area contributed by atoms with Crippen LogP contribution in [0.2, 0.25) is 0 Å². The minimum Gasteiger partial charge on any atom is -0.496 e. The molecular formula is C20H22N2O3. The summed E-state index contributed by atoms with van der Waals surface area (Å²) in [4.78, 5) is 25.2. The van der Waals surface area contributed by atoms with Gasteiger partial charge >= 0.3 is 0 Å². The normalized spacial score (nSPS) is 18.4. The molecule has 1 aromatic heterocycles. The molecule has 0 saturated heterocycles. The number of methoxy groups -OCH3 is 1. The van der Waals surface area contributed by atoms with E-state index >= 15 is 0 Å². The summed E-state index contributed by atoms with van der Waals surface area (Å²) < 4.78 is 7.06. The maximum absolute atomic E-state index is 13.1. The molecule has 1 aliphatic heterocycles. The Morgan fingerprint density at radius 2 is 2.08 bits per heavy atom. The molecule has 1 aromatic carbocycles. The Hall–Kier alpha value is -2.56. The first kappa shape index (κ1) is 15.9. The molecular weight excluding hydrogens is 316 g/mol. The number of nitrogens with zero attached hydrogens (tertiary/aromatic N) is 1. The molecule has 1 amide bonds. The molecule has 1 aliphatic carbocycles. The molecule has 1 atom stereocenters. The Morgan fingerprint density at radius 1 is 1.24 bits per heavy atom. The van der Waals surface area contributed by atoms with Crippen LogP contribution in [0.5, 0.6) is 5.75 Å². The van der Waals surface area contributed by atoms with Gasteiger partial charge in [0.05, 0.1) is 13.2 Å². The first-order chi connectivity index (χ1) is 12.2. The second-order valence-electron chi connectivity index (χ2n) is 6.74. The van der Waals surface area contributed by atoms with Gasteiger partial charge in [-0.1, -0.05) is 24.3 Å². The van der Waals surface area contributed by atoms with Crippen molar-refractivity contribution in [2.45, 2.75) is 44.7 Å². The van der Waals surface area contributed by atoms with Crippen LogP contribution in [-0.2, 0) is 19.4 Å². The molecule has 2 aromatic rings. The summed E-state index contributed by atoms with van der Waals surface area (Å²) >= 11 is 0. The quantitative estimate of drug-likeness (QED) is 0.936. The highest BCUT2D eigenvalue weighted by Gasteiger charge is 2.28. The fourth-order valence-corrected chi connectivity index (χ4v) is 4.12. The van der Waals surface area contributed by atoms with Crippen molar-refractivity contribution >= 4 is 5.91 Å². The summed E-state index contributed by atoms with van der Waals surface area (Å²) in [6, 6.07) is 9.73. The number of amides is 1. The first-order valence-electron chi connectivity index (χ1n) is 8.88. The predicted octanol–water partition coefficient (Wildman–Crippen LogP) is 2.61. The third-order valence-electron chi connectivity index (χ3n) is 5.30. The van der Waals surface area contributed by atoms with Crippen LogP contribution in [0.15, 0.2) is 35.1 Å². The van der Waals surface area contributed by atoms with Crippen molar-refractivity contribution in [3.05, 3.63) is 63.1 Å². The molecule has 0 saturated carbocycles. The number of pyridine rings is 1. The summed E-state index contributed by atoms with van der Waals surface area (Å²) in [5, 5.41) is 3.18. The second kappa shape index (κ2) is 6.39. The number of hydrogen-bond acceptors (Lipinski definition) is 3. The number of hydrogen-bond donors (Lipinski definition) is 1. The van der Waals surface area contributed by atoms with Crippen molar-refractivity contribution in [2.24, 2.45) is 0 Å². The molecule has 0 bridgehead atoms. The van der Waals surface area contributed by atoms with Crippen LogP contribution in [-0.4, -0.2) is 17.6 Å². The van der Waals surface area contributed by atoms with E-state index in [0.29, 0.717) is 17.9 Å². The molecule has 0 fully saturated rings. The van der Waals surface area contributed by atoms with Gasteiger partial charge in [0.15, 0.2) is 0 Å². The monoisotopic (exact) mass is 338 g/mol. The molecule has 0 spiro atoms. The van der Waals surface area contributed by atoms with Crippen molar-refractivity contribution in [3.8, 4) is 5.75 Å². The number of nitrogens with one attached hydrogen (secondary N) is 1. The average molecular weight is 338 g/mol. The minimum atomic E-state index is -0.149. The van der Waals surface area contributed by atoms with E-state index < -0.39 is 0 Å². The van der Waals surface area contributed by atoms with Gasteiger partial charge in [-0.25, -0.2) is 0 Å². The summed E-state index contributed by atoms with van der Waals surface area (Å²) in [7, 11) is 1.51. The molecule has 5 heteroatoms. The number of fused-ring (bicyclic) bond motifs is 2. The summed E-state index contributed by atoms with van der Waals surface area (Å²) in [6.45, 7) is 0.671. The van der Waals surface area contributed by atoms with Crippen LogP contribution >= 0.6 is 0 Å². The molecule has 1 unspecified atom stereocenters. The zero-order valence-corrected chi connectivity index (χ0v) is 14.4. The van der Waals surface area contributed by atoms with E-state index in [2.05, 4.69) is 17.4 Å². The van der Waals surface area contributed by atoms with Gasteiger partial charge in [-0.15, -0.1) is 0 Å². The van der Waals surface area contributed by atoms with Crippen molar-refractivity contribution in [3.63, 3.8) is 0 Å². The Morgan fingerprint density at radius 3 is 2.92 bits per heavy atom. The Kier molecular flexibility index (Phi) is 4.07. The lowest BCUT2D eigenvalue weighted by Crippen LogP contribution is -2.33. The fraction of sp³-hybridized carbons (Fsp3) is 0.400. The van der Waals surface area contributed by atoms with E-state index in [0.717, 1.165) is 37.8 Å². The van der Waals surface area contributed by atoms with E-state index in [1.807, 2.05) is 12.1 Å². The standard InChI is InChI=1S/C20H22N2O3/c1-25-17-12-18(23)22-11-5-10-16(22)19(17)20(24)21-15-9-4-7-13-6-2-3-8-14(13)15/h2-3,6,8,12,15H,4-5,7,9-11H2,1H3,(H,21,24). The van der Waals surface area contributed by atoms with E-state index in [-0.39, 0.29) is 17.5 Å². The van der Waals surface area contributed by atoms with Crippen molar-refractivity contribution in [1.29, 1.82) is 0 Å². The van der Waals surface area contributed by atoms with Gasteiger partial charge in [0.2, 0.25) is 0 Å². The molecule has 1 N–H and O–H groups in total. The molecule has 2 heterocycles. The molecule has 4 rings (SSSR count). The molecule has 25 heavy (non-hydrogen) atoms. The lowest BCUT2D eigenvalue weighted by Gasteiger charge is -2.27. The largest absolute Gasteiger partial charge is 0.496 e. The zero-order chi connectivity index (χ0) is 17.4. The van der Waals surface area contributed by atoms with Gasteiger partial charge < -0.3 is 14.6 Å². The van der Waals surface area contributed by atoms with Crippen LogP contribution in [0, 0.1) is 0 Å². The van der Waals surface area contributed by atoms with E-state index in [1.165, 1.54) is 24.3 Å². The SMILES string of the molecule is COc1cc(=O)n2c(c1C(=O)NC1CCCc3ccccc31)CCC2. The van der Waals surface area contributed by atoms with Gasteiger partial charge in [-0.05, 0) is 43.2 Å². The van der Waals surface area contributed by atoms with E-state index in [4.69, 9.17) is 4.74 Å². The number of rotatable bonds is 3. The van der Waals surface area contributed by atoms with Crippen LogP contribution < -0.4 is 15.6 Å². The lowest BCUT2D eigenvalue weighted by molar-refractivity contribution is 0.0928. The molecule has 130 valence electrons. The Bertz CT molecular complexity index is 885. The van der Waals surface area contributed by atoms with Gasteiger partial charge in [0.25, 0.3) is 11.5 Å². The number of aryl methyl sites for hydroxylation is 1. The number of benzene rings is 1. The second-order valence-corrected chi connectivity index (χ2v) is 6.74. The number of ether oxygens (including phenoxy) is 1. The zero-order valence-electron chi connectivity index (χ0n) is 14.4. The van der Waals surface area contributed by atoms with Gasteiger partial charge in [-0.3, -0.25) is 9.59 Å². The predicted molar refractivity (Wildman–Crippen MR) is 95.2 cm³/mol. The molecule has 5 nitrogen and oxygen atoms in total. The maximum atomic E-state index is 13.1. The lowest BCUT2D eigenvalue weighted by atomic mass is 9.87. The smallest absolute Gasteiger partial charge is 0.257 e. The number of carbonyl (C=O) groups is 1. The van der Waals surface area contributed by atoms with Crippen molar-refractivity contribution < 1.29 is 9.53 Å². The van der Waals surface area contributed by atoms with E-state index in [1.54, 1.807) is 4.57 Å². The van der Waals surface area contributed by atoms with Gasteiger partial charge in [0, 0.05) is 18.3 Å². The number of carbonyl (C=O) groups excluding carboxylic acids is 1. The van der Waals surface area contributed by atoms with Crippen LogP contribution in [0.1, 0.15) is 52.5 Å². The van der Waals surface area contributed by atoms with Crippen molar-refractivity contribution in [1.82, 2.24) is 9.88 Å². The van der Waals surface area contributed by atoms with Crippen molar-refractivity contribution in [2.75, 3.05) is 7.11 Å². The minimum absolute atomic E-state index is 0.0103. The maximum Gasteiger partial charge on any atom is 0.257 e. The van der Waals surface area contributed by atoms with E-state index in [9.17, 15) is 9.59 Å².